The Morgan fingerprint density at radius 2 is 0.772 bits per heavy atom. The average molecular weight is 1130 g/mol. The van der Waals surface area contributed by atoms with E-state index in [9.17, 15) is 19.0 Å². The third-order valence-corrected chi connectivity index (χ3v) is 15.6. The summed E-state index contributed by atoms with van der Waals surface area (Å²) in [5, 5.41) is 3.06. The van der Waals surface area contributed by atoms with Gasteiger partial charge in [-0.1, -0.05) is 261 Å². The van der Waals surface area contributed by atoms with E-state index in [1.54, 1.807) is 0 Å². The number of nitrogens with one attached hydrogen (secondary N) is 1. The number of carbonyl (C=O) groups is 2. The minimum absolute atomic E-state index is 0.0368. The number of phosphoric ester groups is 1. The van der Waals surface area contributed by atoms with Crippen molar-refractivity contribution < 1.29 is 37.3 Å². The molecule has 2 N–H and O–H groups in total. The van der Waals surface area contributed by atoms with Crippen LogP contribution in [0.5, 0.6) is 0 Å². The Bertz CT molecular complexity index is 1580. The number of amides is 1. The van der Waals surface area contributed by atoms with Crippen LogP contribution < -0.4 is 5.32 Å². The molecule has 79 heavy (non-hydrogen) atoms. The molecule has 9 nitrogen and oxygen atoms in total. The summed E-state index contributed by atoms with van der Waals surface area (Å²) in [7, 11) is 1.49. The minimum atomic E-state index is -4.45. The highest BCUT2D eigenvalue weighted by atomic mass is 31.2. The lowest BCUT2D eigenvalue weighted by molar-refractivity contribution is -0.870. The predicted molar refractivity (Wildman–Crippen MR) is 341 cm³/mol. The van der Waals surface area contributed by atoms with E-state index in [0.717, 1.165) is 89.9 Å². The zero-order chi connectivity index (χ0) is 57.9. The van der Waals surface area contributed by atoms with Gasteiger partial charge in [-0.3, -0.25) is 18.6 Å². The van der Waals surface area contributed by atoms with Crippen LogP contribution in [0.15, 0.2) is 72.9 Å². The largest absolute Gasteiger partial charge is 0.472 e. The van der Waals surface area contributed by atoms with Gasteiger partial charge in [-0.15, -0.1) is 0 Å². The summed E-state index contributed by atoms with van der Waals surface area (Å²) in [5.41, 5.74) is 0. The Balaban J connectivity index is 5.09. The van der Waals surface area contributed by atoms with Crippen LogP contribution in [0.2, 0.25) is 0 Å². The Morgan fingerprint density at radius 1 is 0.443 bits per heavy atom. The van der Waals surface area contributed by atoms with Crippen molar-refractivity contribution in [3.05, 3.63) is 72.9 Å². The van der Waals surface area contributed by atoms with Crippen molar-refractivity contribution in [2.45, 2.75) is 315 Å². The molecule has 0 saturated carbocycles. The lowest BCUT2D eigenvalue weighted by Crippen LogP contribution is -2.47. The normalized spacial score (nSPS) is 14.1. The fourth-order valence-electron chi connectivity index (χ4n) is 9.45. The molecule has 0 rings (SSSR count). The minimum Gasteiger partial charge on any atom is -0.456 e. The summed E-state index contributed by atoms with van der Waals surface area (Å²) in [5.74, 6) is -0.511. The third kappa shape index (κ3) is 59.9. The maximum absolute atomic E-state index is 13.6. The van der Waals surface area contributed by atoms with Crippen molar-refractivity contribution in [2.24, 2.45) is 0 Å². The first-order chi connectivity index (χ1) is 38.4. The molecule has 0 fully saturated rings. The highest BCUT2D eigenvalue weighted by Crippen LogP contribution is 2.43. The molecular formula is C69H128N2O7P+. The zero-order valence-corrected chi connectivity index (χ0v) is 53.5. The average Bonchev–Trinajstić information content (AvgIpc) is 3.41. The van der Waals surface area contributed by atoms with E-state index >= 15 is 0 Å². The lowest BCUT2D eigenvalue weighted by Gasteiger charge is -2.27. The van der Waals surface area contributed by atoms with Gasteiger partial charge < -0.3 is 19.4 Å². The van der Waals surface area contributed by atoms with Crippen molar-refractivity contribution in [3.8, 4) is 0 Å². The zero-order valence-electron chi connectivity index (χ0n) is 52.6. The second kappa shape index (κ2) is 58.6. The standard InChI is InChI=1S/C69H127N2O7P/c1-7-10-13-16-19-22-25-27-29-31-32-33-34-35-36-37-38-40-42-44-47-50-53-56-59-62-69(73)78-67(60-57-54-51-48-45-24-21-18-15-12-9-3)66(65-77-79(74,75)76-64-63-71(4,5)6)70-68(72)61-58-55-52-49-46-43-41-39-30-28-26-23-20-17-14-11-8-2/h19-20,22-23,27-30,32-33,57,60,66-67H,7-18,21,24-26,31,34-56,58-59,61-65H2,1-6H3,(H-,70,72,74,75)/p+1/b22-19-,23-20-,29-27-,30-28-,33-32-,60-57-. The summed E-state index contributed by atoms with van der Waals surface area (Å²) < 4.78 is 30.7. The van der Waals surface area contributed by atoms with Crippen molar-refractivity contribution in [1.82, 2.24) is 5.32 Å². The number of phosphoric acid groups is 1. The smallest absolute Gasteiger partial charge is 0.456 e. The van der Waals surface area contributed by atoms with Gasteiger partial charge in [0, 0.05) is 12.8 Å². The van der Waals surface area contributed by atoms with Gasteiger partial charge >= 0.3 is 13.8 Å². The van der Waals surface area contributed by atoms with E-state index in [2.05, 4.69) is 86.8 Å². The molecule has 1 amide bonds. The molecule has 3 atom stereocenters. The molecule has 10 heteroatoms. The third-order valence-electron chi connectivity index (χ3n) is 14.6. The van der Waals surface area contributed by atoms with Crippen molar-refractivity contribution in [2.75, 3.05) is 40.9 Å². The maximum Gasteiger partial charge on any atom is 0.472 e. The lowest BCUT2D eigenvalue weighted by atomic mass is 10.0. The molecule has 0 bridgehead atoms. The van der Waals surface area contributed by atoms with Gasteiger partial charge in [-0.2, -0.15) is 0 Å². The Hall–Kier alpha value is -2.55. The van der Waals surface area contributed by atoms with Crippen LogP contribution in [0.3, 0.4) is 0 Å². The molecular weight excluding hydrogens is 1000 g/mol. The first-order valence-electron chi connectivity index (χ1n) is 33.3. The van der Waals surface area contributed by atoms with Crippen molar-refractivity contribution in [1.29, 1.82) is 0 Å². The molecule has 0 aliphatic rings. The molecule has 0 aromatic rings. The van der Waals surface area contributed by atoms with Gasteiger partial charge in [-0.25, -0.2) is 4.57 Å². The number of hydrogen-bond donors (Lipinski definition) is 2. The van der Waals surface area contributed by atoms with Crippen LogP contribution in [0, 0.1) is 0 Å². The van der Waals surface area contributed by atoms with Crippen molar-refractivity contribution in [3.63, 3.8) is 0 Å². The number of ether oxygens (including phenoxy) is 1. The molecule has 0 aromatic heterocycles. The maximum atomic E-state index is 13.6. The summed E-state index contributed by atoms with van der Waals surface area (Å²) in [6.45, 7) is 6.97. The summed E-state index contributed by atoms with van der Waals surface area (Å²) in [4.78, 5) is 37.8. The Morgan fingerprint density at radius 3 is 1.18 bits per heavy atom. The second-order valence-electron chi connectivity index (χ2n) is 23.6. The van der Waals surface area contributed by atoms with E-state index in [-0.39, 0.29) is 31.5 Å². The van der Waals surface area contributed by atoms with Crippen molar-refractivity contribution >= 4 is 19.7 Å². The molecule has 0 saturated heterocycles. The summed E-state index contributed by atoms with van der Waals surface area (Å²) in [6.07, 6.45) is 76.2. The Kier molecular flexibility index (Phi) is 56.7. The molecule has 0 aliphatic carbocycles. The van der Waals surface area contributed by atoms with Crippen LogP contribution in [0.1, 0.15) is 303 Å². The Labute approximate surface area is 489 Å². The number of quaternary nitrogens is 1. The SMILES string of the molecule is CCCCC/C=C\C/C=C\C/C=C\CCCCCCCCCCCCCCC(=O)OC(/C=C\CCCCCCCCCCC)C(COP(=O)(O)OCC[N+](C)(C)C)NC(=O)CCCCCCCCC/C=C\C/C=C\CCCCC. The quantitative estimate of drug-likeness (QED) is 0.0205. The van der Waals surface area contributed by atoms with E-state index in [1.807, 2.05) is 33.3 Å². The first-order valence-corrected chi connectivity index (χ1v) is 34.8. The molecule has 3 unspecified atom stereocenters. The second-order valence-corrected chi connectivity index (χ2v) is 25.1. The van der Waals surface area contributed by atoms with Crippen LogP contribution in [0.25, 0.3) is 0 Å². The topological polar surface area (TPSA) is 111 Å². The van der Waals surface area contributed by atoms with E-state index in [4.69, 9.17) is 13.8 Å². The van der Waals surface area contributed by atoms with Gasteiger partial charge in [0.25, 0.3) is 0 Å². The van der Waals surface area contributed by atoms with E-state index < -0.39 is 20.0 Å². The van der Waals surface area contributed by atoms with Crippen LogP contribution in [-0.2, 0) is 27.9 Å². The van der Waals surface area contributed by atoms with Crippen LogP contribution >= 0.6 is 7.82 Å². The van der Waals surface area contributed by atoms with Gasteiger partial charge in [0.15, 0.2) is 0 Å². The van der Waals surface area contributed by atoms with Crippen LogP contribution in [0.4, 0.5) is 0 Å². The molecule has 0 spiro atoms. The fraction of sp³-hybridized carbons (Fsp3) is 0.797. The molecule has 0 aromatic carbocycles. The number of nitrogens with zero attached hydrogens (tertiary/aromatic N) is 1. The first kappa shape index (κ1) is 76.5. The summed E-state index contributed by atoms with van der Waals surface area (Å²) >= 11 is 0. The highest BCUT2D eigenvalue weighted by molar-refractivity contribution is 7.47. The van der Waals surface area contributed by atoms with Crippen LogP contribution in [-0.4, -0.2) is 74.3 Å². The molecule has 0 aliphatic heterocycles. The number of rotatable bonds is 60. The van der Waals surface area contributed by atoms with E-state index in [0.29, 0.717) is 17.4 Å². The highest BCUT2D eigenvalue weighted by Gasteiger charge is 2.30. The number of esters is 1. The monoisotopic (exact) mass is 1130 g/mol. The van der Waals surface area contributed by atoms with Gasteiger partial charge in [0.1, 0.15) is 19.3 Å². The number of unbranched alkanes of at least 4 members (excludes halogenated alkanes) is 34. The van der Waals surface area contributed by atoms with Gasteiger partial charge in [0.05, 0.1) is 33.8 Å². The number of carbonyl (C=O) groups excluding carboxylic acids is 2. The molecule has 0 radical (unpaired) electrons. The number of hydrogen-bond acceptors (Lipinski definition) is 6. The predicted octanol–water partition coefficient (Wildman–Crippen LogP) is 20.8. The fourth-order valence-corrected chi connectivity index (χ4v) is 10.2. The number of allylic oxidation sites excluding steroid dienone is 11. The van der Waals surface area contributed by atoms with E-state index in [1.165, 1.54) is 180 Å². The number of likely N-dealkylation sites (N-methyl/N-ethyl adjacent to an activating group) is 1. The van der Waals surface area contributed by atoms with Gasteiger partial charge in [0.2, 0.25) is 5.91 Å². The van der Waals surface area contributed by atoms with Gasteiger partial charge in [-0.05, 0) is 102 Å². The molecule has 460 valence electrons. The molecule has 0 heterocycles. The summed E-state index contributed by atoms with van der Waals surface area (Å²) in [6, 6.07) is -0.855.